The monoisotopic (exact) mass is 378 g/mol. The van der Waals surface area contributed by atoms with E-state index in [1.807, 2.05) is 11.9 Å². The molecule has 3 N–H and O–H groups in total. The van der Waals surface area contributed by atoms with Crippen LogP contribution in [0.1, 0.15) is 44.1 Å². The molecule has 1 aromatic rings. The number of likely N-dealkylation sites (tertiary alicyclic amines) is 1. The molecule has 1 saturated heterocycles. The van der Waals surface area contributed by atoms with Crippen LogP contribution in [0.25, 0.3) is 5.70 Å². The van der Waals surface area contributed by atoms with Crippen LogP contribution in [-0.4, -0.2) is 36.7 Å². The van der Waals surface area contributed by atoms with Gasteiger partial charge in [-0.15, -0.1) is 0 Å². The van der Waals surface area contributed by atoms with E-state index in [0.29, 0.717) is 22.8 Å². The molecule has 2 unspecified atom stereocenters. The van der Waals surface area contributed by atoms with Crippen molar-refractivity contribution in [3.8, 4) is 0 Å². The van der Waals surface area contributed by atoms with Crippen molar-refractivity contribution in [1.82, 2.24) is 4.90 Å². The number of halogens is 2. The topological polar surface area (TPSA) is 60.8 Å². The van der Waals surface area contributed by atoms with Crippen molar-refractivity contribution >= 4 is 29.4 Å². The van der Waals surface area contributed by atoms with Gasteiger partial charge in [-0.05, 0) is 49.8 Å². The lowest BCUT2D eigenvalue weighted by Crippen LogP contribution is -2.77. The smallest absolute Gasteiger partial charge is 0.261 e. The van der Waals surface area contributed by atoms with Crippen LogP contribution in [0.5, 0.6) is 0 Å². The van der Waals surface area contributed by atoms with Gasteiger partial charge in [0.1, 0.15) is 11.4 Å². The average molecular weight is 379 g/mol. The number of benzene rings is 1. The Morgan fingerprint density at radius 3 is 2.73 bits per heavy atom. The van der Waals surface area contributed by atoms with Crippen molar-refractivity contribution in [1.29, 1.82) is 5.41 Å². The number of fused-ring (bicyclic) bond motifs is 1. The summed E-state index contributed by atoms with van der Waals surface area (Å²) in [4.78, 5) is 15.3. The highest BCUT2D eigenvalue weighted by Crippen LogP contribution is 2.36. The minimum atomic E-state index is -0.491. The molecule has 140 valence electrons. The fraction of sp³-hybridized carbons (Fsp3) is 0.500. The number of carbonyl (C=O) groups is 1. The predicted octanol–water partition coefficient (Wildman–Crippen LogP) is 3.21. The van der Waals surface area contributed by atoms with Gasteiger partial charge in [0.25, 0.3) is 5.91 Å². The van der Waals surface area contributed by atoms with E-state index in [9.17, 15) is 9.18 Å². The third-order valence-electron chi connectivity index (χ3n) is 5.69. The van der Waals surface area contributed by atoms with Crippen LogP contribution < -0.4 is 5.32 Å². The Kier molecular flexibility index (Phi) is 6.09. The SMILES string of the molecule is C[NH2+]C(=C(C=N)C(=O)N1CCCC2CCCCC21)c1ccc(F)c(Cl)c1. The number of hydrogen-bond donors (Lipinski definition) is 2. The fourth-order valence-corrected chi connectivity index (χ4v) is 4.61. The van der Waals surface area contributed by atoms with Gasteiger partial charge >= 0.3 is 0 Å². The maximum atomic E-state index is 13.5. The molecular formula is C20H26ClFN3O+. The first-order valence-corrected chi connectivity index (χ1v) is 9.75. The Morgan fingerprint density at radius 2 is 2.04 bits per heavy atom. The Hall–Kier alpha value is -1.72. The minimum absolute atomic E-state index is 0.0175. The van der Waals surface area contributed by atoms with E-state index in [-0.39, 0.29) is 17.0 Å². The van der Waals surface area contributed by atoms with Gasteiger partial charge in [0.2, 0.25) is 0 Å². The maximum Gasteiger partial charge on any atom is 0.261 e. The van der Waals surface area contributed by atoms with Crippen LogP contribution in [0.4, 0.5) is 4.39 Å². The Morgan fingerprint density at radius 1 is 1.31 bits per heavy atom. The second-order valence-electron chi connectivity index (χ2n) is 7.14. The molecule has 2 atom stereocenters. The number of nitrogens with one attached hydrogen (secondary N) is 1. The van der Waals surface area contributed by atoms with E-state index < -0.39 is 5.82 Å². The van der Waals surface area contributed by atoms with E-state index in [1.165, 1.54) is 31.4 Å². The zero-order valence-corrected chi connectivity index (χ0v) is 15.9. The van der Waals surface area contributed by atoms with E-state index in [1.54, 1.807) is 11.4 Å². The molecule has 1 saturated carbocycles. The predicted molar refractivity (Wildman–Crippen MR) is 102 cm³/mol. The highest BCUT2D eigenvalue weighted by atomic mass is 35.5. The number of rotatable bonds is 4. The van der Waals surface area contributed by atoms with Gasteiger partial charge in [0, 0.05) is 24.4 Å². The van der Waals surface area contributed by atoms with Crippen molar-refractivity contribution in [2.75, 3.05) is 13.6 Å². The first kappa shape index (κ1) is 19.1. The van der Waals surface area contributed by atoms with Gasteiger partial charge in [-0.2, -0.15) is 0 Å². The van der Waals surface area contributed by atoms with Crippen molar-refractivity contribution in [3.63, 3.8) is 0 Å². The summed E-state index contributed by atoms with van der Waals surface area (Å²) in [6, 6.07) is 4.70. The lowest BCUT2D eigenvalue weighted by Gasteiger charge is -2.44. The third-order valence-corrected chi connectivity index (χ3v) is 5.98. The standard InChI is InChI=1S/C20H25ClFN3O/c1-24-19(14-8-9-17(22)16(21)11-14)15(12-23)20(26)25-10-4-6-13-5-2-3-7-18(13)25/h8-9,11-13,18,23-24H,2-7,10H2,1H3/p+1. The van der Waals surface area contributed by atoms with Gasteiger partial charge in [0.05, 0.1) is 12.1 Å². The molecular weight excluding hydrogens is 353 g/mol. The van der Waals surface area contributed by atoms with E-state index in [0.717, 1.165) is 32.0 Å². The molecule has 4 nitrogen and oxygen atoms in total. The number of piperidine rings is 1. The highest BCUT2D eigenvalue weighted by Gasteiger charge is 2.37. The quantitative estimate of drug-likeness (QED) is 0.613. The van der Waals surface area contributed by atoms with Gasteiger partial charge in [0.15, 0.2) is 5.70 Å². The van der Waals surface area contributed by atoms with Gasteiger partial charge < -0.3 is 15.6 Å². The molecule has 1 heterocycles. The highest BCUT2D eigenvalue weighted by molar-refractivity contribution is 6.31. The van der Waals surface area contributed by atoms with Crippen LogP contribution in [0.15, 0.2) is 23.8 Å². The largest absolute Gasteiger partial charge is 0.335 e. The second kappa shape index (κ2) is 8.31. The van der Waals surface area contributed by atoms with Crippen molar-refractivity contribution in [2.45, 2.75) is 44.6 Å². The second-order valence-corrected chi connectivity index (χ2v) is 7.55. The first-order valence-electron chi connectivity index (χ1n) is 9.37. The molecule has 1 aliphatic heterocycles. The summed E-state index contributed by atoms with van der Waals surface area (Å²) < 4.78 is 13.5. The summed E-state index contributed by atoms with van der Waals surface area (Å²) in [6.07, 6.45) is 7.99. The van der Waals surface area contributed by atoms with Crippen LogP contribution in [0, 0.1) is 17.1 Å². The molecule has 0 aromatic heterocycles. The lowest BCUT2D eigenvalue weighted by atomic mass is 9.78. The van der Waals surface area contributed by atoms with Crippen LogP contribution >= 0.6 is 11.6 Å². The van der Waals surface area contributed by atoms with Crippen LogP contribution in [-0.2, 0) is 4.79 Å². The van der Waals surface area contributed by atoms with Crippen molar-refractivity contribution < 1.29 is 14.5 Å². The maximum absolute atomic E-state index is 13.5. The molecule has 1 aliphatic carbocycles. The number of carbonyl (C=O) groups excluding carboxylic acids is 1. The molecule has 1 amide bonds. The molecule has 0 bridgehead atoms. The number of amides is 1. The van der Waals surface area contributed by atoms with E-state index in [4.69, 9.17) is 17.0 Å². The molecule has 0 radical (unpaired) electrons. The minimum Gasteiger partial charge on any atom is -0.335 e. The van der Waals surface area contributed by atoms with Crippen molar-refractivity contribution in [3.05, 3.63) is 40.2 Å². The molecule has 6 heteroatoms. The van der Waals surface area contributed by atoms with E-state index in [2.05, 4.69) is 0 Å². The van der Waals surface area contributed by atoms with Gasteiger partial charge in [-0.1, -0.05) is 24.4 Å². The molecule has 2 fully saturated rings. The molecule has 0 spiro atoms. The molecule has 3 rings (SSSR count). The van der Waals surface area contributed by atoms with Crippen LogP contribution in [0.2, 0.25) is 5.02 Å². The normalized spacial score (nSPS) is 23.9. The number of quaternary nitrogens is 1. The Balaban J connectivity index is 1.96. The van der Waals surface area contributed by atoms with Crippen LogP contribution in [0.3, 0.4) is 0 Å². The third kappa shape index (κ3) is 3.69. The first-order chi connectivity index (χ1) is 12.6. The molecule has 26 heavy (non-hydrogen) atoms. The number of nitrogens with two attached hydrogens (primary N) is 1. The number of nitrogens with zero attached hydrogens (tertiary/aromatic N) is 1. The zero-order chi connectivity index (χ0) is 18.7. The zero-order valence-electron chi connectivity index (χ0n) is 15.1. The van der Waals surface area contributed by atoms with Gasteiger partial charge in [-0.25, -0.2) is 4.39 Å². The Labute approximate surface area is 158 Å². The number of hydrogen-bond acceptors (Lipinski definition) is 2. The summed E-state index contributed by atoms with van der Waals surface area (Å²) in [5.41, 5.74) is 1.63. The lowest BCUT2D eigenvalue weighted by molar-refractivity contribution is -0.530. The van der Waals surface area contributed by atoms with Crippen molar-refractivity contribution in [2.24, 2.45) is 5.92 Å². The van der Waals surface area contributed by atoms with E-state index >= 15 is 0 Å². The Bertz CT molecular complexity index is 732. The fourth-order valence-electron chi connectivity index (χ4n) is 4.43. The molecule has 1 aromatic carbocycles. The summed E-state index contributed by atoms with van der Waals surface area (Å²) >= 11 is 5.92. The average Bonchev–Trinajstić information content (AvgIpc) is 2.67. The summed E-state index contributed by atoms with van der Waals surface area (Å²) in [5.74, 6) is 0.00239. The van der Waals surface area contributed by atoms with Gasteiger partial charge in [-0.3, -0.25) is 4.79 Å². The summed E-state index contributed by atoms with van der Waals surface area (Å²) in [6.45, 7) is 0.749. The summed E-state index contributed by atoms with van der Waals surface area (Å²) in [7, 11) is 1.82. The molecule has 2 aliphatic rings. The summed E-state index contributed by atoms with van der Waals surface area (Å²) in [5, 5.41) is 9.68.